The molecule has 34 heavy (non-hydrogen) atoms. The Balaban J connectivity index is 1.88. The summed E-state index contributed by atoms with van der Waals surface area (Å²) in [6.45, 7) is 0. The molecule has 2 aromatic rings. The van der Waals surface area contributed by atoms with Crippen LogP contribution in [0.25, 0.3) is 11.1 Å². The fraction of sp³-hybridized carbons (Fsp3) is 0.0741. The predicted octanol–water partition coefficient (Wildman–Crippen LogP) is 6.06. The highest BCUT2D eigenvalue weighted by atomic mass is 19.4. The average Bonchev–Trinajstić information content (AvgIpc) is 3.05. The molecule has 0 atom stereocenters. The van der Waals surface area contributed by atoms with Crippen LogP contribution < -0.4 is 0 Å². The van der Waals surface area contributed by atoms with Crippen molar-refractivity contribution in [2.24, 2.45) is 0 Å². The van der Waals surface area contributed by atoms with Crippen molar-refractivity contribution in [3.8, 4) is 11.1 Å². The number of halogens is 3. The van der Waals surface area contributed by atoms with Gasteiger partial charge in [-0.15, -0.1) is 0 Å². The summed E-state index contributed by atoms with van der Waals surface area (Å²) in [6, 6.07) is 19.8. The van der Waals surface area contributed by atoms with Gasteiger partial charge in [-0.05, 0) is 41.5 Å². The number of carbonyl (C=O) groups is 3. The largest absolute Gasteiger partial charge is 0.465 e. The van der Waals surface area contributed by atoms with Crippen LogP contribution in [0.5, 0.6) is 0 Å². The van der Waals surface area contributed by atoms with Gasteiger partial charge in [0.2, 0.25) is 0 Å². The molecule has 2 aliphatic carbocycles. The van der Waals surface area contributed by atoms with Gasteiger partial charge in [0, 0.05) is 22.3 Å². The number of ketones is 2. The molecule has 0 heterocycles. The molecule has 0 spiro atoms. The van der Waals surface area contributed by atoms with E-state index >= 15 is 0 Å². The van der Waals surface area contributed by atoms with Crippen LogP contribution in [0.3, 0.4) is 0 Å². The minimum absolute atomic E-state index is 0.0183. The highest BCUT2D eigenvalue weighted by Gasteiger charge is 2.31. The minimum atomic E-state index is -4.53. The normalized spacial score (nSPS) is 11.3. The van der Waals surface area contributed by atoms with Crippen molar-refractivity contribution in [2.75, 3.05) is 7.11 Å². The van der Waals surface area contributed by atoms with E-state index in [2.05, 4.69) is 0 Å². The van der Waals surface area contributed by atoms with Gasteiger partial charge in [0.1, 0.15) is 0 Å². The SMILES string of the molecule is COC(=O)c1cccc2c(C(=O)c3ccccc3)cc(C(=O)c3ccc(C(F)(F)F)cc3)c-2c1. The molecular formula is C27H17F3O4. The first-order valence-corrected chi connectivity index (χ1v) is 10.2. The maximum atomic E-state index is 13.3. The van der Waals surface area contributed by atoms with Crippen molar-refractivity contribution >= 4 is 17.5 Å². The molecule has 0 saturated heterocycles. The Bertz CT molecular complexity index is 1360. The van der Waals surface area contributed by atoms with Gasteiger partial charge in [0.15, 0.2) is 11.6 Å². The highest BCUT2D eigenvalue weighted by Crippen LogP contribution is 2.36. The second kappa shape index (κ2) is 8.94. The summed E-state index contributed by atoms with van der Waals surface area (Å²) < 4.78 is 43.6. The van der Waals surface area contributed by atoms with Crippen LogP contribution >= 0.6 is 0 Å². The summed E-state index contributed by atoms with van der Waals surface area (Å²) in [7, 11) is 1.22. The number of benzene rings is 2. The maximum Gasteiger partial charge on any atom is 0.416 e. The highest BCUT2D eigenvalue weighted by molar-refractivity contribution is 6.21. The van der Waals surface area contributed by atoms with E-state index in [4.69, 9.17) is 4.74 Å². The number of carbonyl (C=O) groups excluding carboxylic acids is 3. The lowest BCUT2D eigenvalue weighted by molar-refractivity contribution is -0.137. The molecule has 7 heteroatoms. The summed E-state index contributed by atoms with van der Waals surface area (Å²) in [5, 5.41) is 0. The van der Waals surface area contributed by atoms with Gasteiger partial charge in [-0.2, -0.15) is 13.2 Å². The van der Waals surface area contributed by atoms with Gasteiger partial charge in [-0.1, -0.05) is 54.6 Å². The van der Waals surface area contributed by atoms with Gasteiger partial charge in [-0.3, -0.25) is 9.59 Å². The predicted molar refractivity (Wildman–Crippen MR) is 119 cm³/mol. The van der Waals surface area contributed by atoms with Gasteiger partial charge in [-0.25, -0.2) is 4.79 Å². The summed E-state index contributed by atoms with van der Waals surface area (Å²) >= 11 is 0. The van der Waals surface area contributed by atoms with E-state index in [1.54, 1.807) is 42.5 Å². The third-order valence-electron chi connectivity index (χ3n) is 5.42. The molecule has 0 amide bonds. The first-order valence-electron chi connectivity index (χ1n) is 10.2. The van der Waals surface area contributed by atoms with Gasteiger partial charge in [0.25, 0.3) is 0 Å². The zero-order valence-electron chi connectivity index (χ0n) is 17.8. The molecular weight excluding hydrogens is 445 g/mol. The number of hydrogen-bond donors (Lipinski definition) is 0. The molecule has 0 bridgehead atoms. The molecule has 0 fully saturated rings. The summed E-state index contributed by atoms with van der Waals surface area (Å²) in [4.78, 5) is 38.7. The minimum Gasteiger partial charge on any atom is -0.465 e. The topological polar surface area (TPSA) is 60.4 Å². The third-order valence-corrected chi connectivity index (χ3v) is 5.42. The Morgan fingerprint density at radius 1 is 0.647 bits per heavy atom. The number of alkyl halides is 3. The van der Waals surface area contributed by atoms with Crippen LogP contribution in [-0.2, 0) is 10.9 Å². The smallest absolute Gasteiger partial charge is 0.416 e. The fourth-order valence-electron chi connectivity index (χ4n) is 3.71. The van der Waals surface area contributed by atoms with Crippen LogP contribution in [0.4, 0.5) is 13.2 Å². The van der Waals surface area contributed by atoms with Crippen molar-refractivity contribution in [2.45, 2.75) is 6.18 Å². The second-order valence-electron chi connectivity index (χ2n) is 7.52. The van der Waals surface area contributed by atoms with E-state index in [0.717, 1.165) is 24.3 Å². The first-order chi connectivity index (χ1) is 16.2. The van der Waals surface area contributed by atoms with E-state index in [1.165, 1.54) is 25.3 Å². The molecule has 0 N–H and O–H groups in total. The summed E-state index contributed by atoms with van der Waals surface area (Å²) in [5.41, 5.74) is 0.777. The Hall–Kier alpha value is -4.26. The zero-order chi connectivity index (χ0) is 24.5. The molecule has 2 aliphatic rings. The Kier molecular flexibility index (Phi) is 6.03. The van der Waals surface area contributed by atoms with Gasteiger partial charge < -0.3 is 4.74 Å². The van der Waals surface area contributed by atoms with Crippen molar-refractivity contribution in [1.29, 1.82) is 0 Å². The summed E-state index contributed by atoms with van der Waals surface area (Å²) in [6.07, 6.45) is -4.53. The number of esters is 1. The Morgan fingerprint density at radius 2 is 1.21 bits per heavy atom. The van der Waals surface area contributed by atoms with E-state index in [1.807, 2.05) is 0 Å². The quantitative estimate of drug-likeness (QED) is 0.267. The van der Waals surface area contributed by atoms with Crippen molar-refractivity contribution in [1.82, 2.24) is 0 Å². The Labute approximate surface area is 193 Å². The number of methoxy groups -OCH3 is 1. The maximum absolute atomic E-state index is 13.3. The lowest BCUT2D eigenvalue weighted by atomic mass is 9.98. The molecule has 4 rings (SSSR count). The second-order valence-corrected chi connectivity index (χ2v) is 7.52. The molecule has 4 nitrogen and oxygen atoms in total. The molecule has 0 saturated carbocycles. The molecule has 2 aromatic carbocycles. The fourth-order valence-corrected chi connectivity index (χ4v) is 3.71. The zero-order valence-corrected chi connectivity index (χ0v) is 17.8. The van der Waals surface area contributed by atoms with Crippen LogP contribution in [-0.4, -0.2) is 24.6 Å². The number of rotatable bonds is 5. The van der Waals surface area contributed by atoms with Crippen molar-refractivity contribution in [3.63, 3.8) is 0 Å². The summed E-state index contributed by atoms with van der Waals surface area (Å²) in [5.74, 6) is -1.54. The van der Waals surface area contributed by atoms with Crippen molar-refractivity contribution < 1.29 is 32.3 Å². The molecule has 0 unspecified atom stereocenters. The van der Waals surface area contributed by atoms with Crippen LogP contribution in [0, 0.1) is 0 Å². The molecule has 0 radical (unpaired) electrons. The monoisotopic (exact) mass is 462 g/mol. The standard InChI is InChI=1S/C27H17F3O4/c1-34-26(33)18-8-5-9-20-21(14-18)23(15-22(20)24(31)16-6-3-2-4-7-16)25(32)17-10-12-19(13-11-17)27(28,29)30/h2-15H,1H3. The number of ether oxygens (including phenoxy) is 1. The van der Waals surface area contributed by atoms with Crippen LogP contribution in [0.15, 0.2) is 84.9 Å². The van der Waals surface area contributed by atoms with Crippen LogP contribution in [0.2, 0.25) is 0 Å². The van der Waals surface area contributed by atoms with Crippen molar-refractivity contribution in [3.05, 3.63) is 118 Å². The van der Waals surface area contributed by atoms with E-state index in [-0.39, 0.29) is 28.0 Å². The van der Waals surface area contributed by atoms with E-state index < -0.39 is 23.5 Å². The average molecular weight is 462 g/mol. The lowest BCUT2D eigenvalue weighted by Gasteiger charge is -2.07. The van der Waals surface area contributed by atoms with E-state index in [9.17, 15) is 27.6 Å². The Morgan fingerprint density at radius 3 is 1.79 bits per heavy atom. The lowest BCUT2D eigenvalue weighted by Crippen LogP contribution is -2.07. The molecule has 0 aromatic heterocycles. The first kappa shape index (κ1) is 22.9. The van der Waals surface area contributed by atoms with Gasteiger partial charge in [0.05, 0.1) is 18.2 Å². The van der Waals surface area contributed by atoms with E-state index in [0.29, 0.717) is 16.7 Å². The number of hydrogen-bond acceptors (Lipinski definition) is 4. The third kappa shape index (κ3) is 4.32. The van der Waals surface area contributed by atoms with Gasteiger partial charge >= 0.3 is 12.1 Å². The molecule has 0 aliphatic heterocycles. The molecule has 170 valence electrons. The number of fused-ring (bicyclic) bond motifs is 1. The van der Waals surface area contributed by atoms with Crippen LogP contribution in [0.1, 0.15) is 47.8 Å².